The number of carbonyl (C=O) groups excluding carboxylic acids is 2. The molecule has 2 atom stereocenters. The van der Waals surface area contributed by atoms with E-state index < -0.39 is 0 Å². The third-order valence-electron chi connectivity index (χ3n) is 3.46. The zero-order valence-electron chi connectivity index (χ0n) is 9.55. The summed E-state index contributed by atoms with van der Waals surface area (Å²) in [5.41, 5.74) is 0.953. The second-order valence-corrected chi connectivity index (χ2v) is 4.56. The molecular weight excluding hydrogens is 218 g/mol. The molecule has 4 heteroatoms. The number of benzene rings is 1. The number of likely N-dealkylation sites (tertiary alicyclic amines) is 1. The minimum absolute atomic E-state index is 0.00387. The van der Waals surface area contributed by atoms with Crippen LogP contribution in [0.2, 0.25) is 0 Å². The Kier molecular flexibility index (Phi) is 2.18. The average Bonchev–Trinajstić information content (AvgIpc) is 3.11. The molecule has 0 bridgehead atoms. The van der Waals surface area contributed by atoms with Crippen LogP contribution in [0.5, 0.6) is 5.75 Å². The topological polar surface area (TPSA) is 46.6 Å². The van der Waals surface area contributed by atoms with Gasteiger partial charge in [-0.2, -0.15) is 0 Å². The highest BCUT2D eigenvalue weighted by Crippen LogP contribution is 2.47. The first kappa shape index (κ1) is 10.3. The number of imide groups is 1. The fourth-order valence-corrected chi connectivity index (χ4v) is 2.32. The first-order valence-electron chi connectivity index (χ1n) is 5.69. The van der Waals surface area contributed by atoms with E-state index in [9.17, 15) is 9.59 Å². The fourth-order valence-electron chi connectivity index (χ4n) is 2.32. The van der Waals surface area contributed by atoms with E-state index in [1.54, 1.807) is 7.11 Å². The van der Waals surface area contributed by atoms with Gasteiger partial charge in [-0.05, 0) is 24.1 Å². The van der Waals surface area contributed by atoms with Crippen molar-refractivity contribution in [3.63, 3.8) is 0 Å². The first-order valence-corrected chi connectivity index (χ1v) is 5.69. The molecule has 0 N–H and O–H groups in total. The van der Waals surface area contributed by atoms with Gasteiger partial charge in [0.25, 0.3) is 0 Å². The predicted octanol–water partition coefficient (Wildman–Crippen LogP) is 1.20. The molecule has 2 amide bonds. The molecular formula is C13H13NO3. The minimum Gasteiger partial charge on any atom is -0.497 e. The van der Waals surface area contributed by atoms with E-state index in [0.29, 0.717) is 6.54 Å². The number of piperidine rings is 1. The summed E-state index contributed by atoms with van der Waals surface area (Å²) in [4.78, 5) is 24.9. The monoisotopic (exact) mass is 231 g/mol. The number of rotatable bonds is 3. The zero-order chi connectivity index (χ0) is 12.0. The second-order valence-electron chi connectivity index (χ2n) is 4.56. The molecule has 4 nitrogen and oxygen atoms in total. The van der Waals surface area contributed by atoms with Gasteiger partial charge in [0.2, 0.25) is 11.8 Å². The van der Waals surface area contributed by atoms with Crippen LogP contribution in [0.15, 0.2) is 24.3 Å². The Bertz CT molecular complexity index is 460. The van der Waals surface area contributed by atoms with E-state index in [0.717, 1.165) is 17.7 Å². The van der Waals surface area contributed by atoms with Gasteiger partial charge in [-0.15, -0.1) is 0 Å². The van der Waals surface area contributed by atoms with E-state index in [-0.39, 0.29) is 23.7 Å². The highest BCUT2D eigenvalue weighted by atomic mass is 16.5. The summed E-state index contributed by atoms with van der Waals surface area (Å²) in [6.45, 7) is 0.384. The van der Waals surface area contributed by atoms with Crippen LogP contribution in [0.4, 0.5) is 0 Å². The Labute approximate surface area is 99.2 Å². The quantitative estimate of drug-likeness (QED) is 0.734. The number of hydrogen-bond acceptors (Lipinski definition) is 3. The van der Waals surface area contributed by atoms with Crippen molar-refractivity contribution < 1.29 is 14.3 Å². The molecule has 2 fully saturated rings. The van der Waals surface area contributed by atoms with Gasteiger partial charge in [0.15, 0.2) is 0 Å². The van der Waals surface area contributed by atoms with Crippen LogP contribution >= 0.6 is 0 Å². The van der Waals surface area contributed by atoms with Crippen molar-refractivity contribution in [2.45, 2.75) is 13.0 Å². The van der Waals surface area contributed by atoms with Crippen LogP contribution in [0.25, 0.3) is 0 Å². The van der Waals surface area contributed by atoms with Gasteiger partial charge in [0, 0.05) is 0 Å². The molecule has 1 saturated carbocycles. The first-order chi connectivity index (χ1) is 8.20. The maximum Gasteiger partial charge on any atom is 0.233 e. The summed E-state index contributed by atoms with van der Waals surface area (Å²) in [6, 6.07) is 7.43. The predicted molar refractivity (Wildman–Crippen MR) is 60.1 cm³/mol. The number of fused-ring (bicyclic) bond motifs is 1. The SMILES string of the molecule is COc1ccc(CN2C(=O)C3CC3C2=O)cc1. The van der Waals surface area contributed by atoms with E-state index in [1.165, 1.54) is 4.90 Å². The van der Waals surface area contributed by atoms with Crippen LogP contribution in [-0.2, 0) is 16.1 Å². The Balaban J connectivity index is 1.74. The highest BCUT2D eigenvalue weighted by Gasteiger charge is 2.58. The van der Waals surface area contributed by atoms with E-state index in [4.69, 9.17) is 4.74 Å². The molecule has 0 radical (unpaired) electrons. The molecule has 1 aliphatic heterocycles. The van der Waals surface area contributed by atoms with Crippen LogP contribution < -0.4 is 4.74 Å². The van der Waals surface area contributed by atoms with Gasteiger partial charge in [0.1, 0.15) is 5.75 Å². The van der Waals surface area contributed by atoms with Gasteiger partial charge < -0.3 is 4.74 Å². The van der Waals surface area contributed by atoms with Crippen LogP contribution in [0, 0.1) is 11.8 Å². The smallest absolute Gasteiger partial charge is 0.233 e. The van der Waals surface area contributed by atoms with Crippen LogP contribution in [0.1, 0.15) is 12.0 Å². The van der Waals surface area contributed by atoms with E-state index in [1.807, 2.05) is 24.3 Å². The summed E-state index contributed by atoms with van der Waals surface area (Å²) in [5.74, 6) is 0.740. The third-order valence-corrected chi connectivity index (χ3v) is 3.46. The lowest BCUT2D eigenvalue weighted by Gasteiger charge is -2.16. The van der Waals surface area contributed by atoms with Crippen molar-refractivity contribution in [2.24, 2.45) is 11.8 Å². The maximum atomic E-state index is 11.8. The molecule has 2 unspecified atom stereocenters. The van der Waals surface area contributed by atoms with Crippen molar-refractivity contribution in [2.75, 3.05) is 7.11 Å². The second kappa shape index (κ2) is 3.58. The van der Waals surface area contributed by atoms with Gasteiger partial charge in [0.05, 0.1) is 25.5 Å². The van der Waals surface area contributed by atoms with Crippen molar-refractivity contribution >= 4 is 11.8 Å². The summed E-state index contributed by atoms with van der Waals surface area (Å²) in [5, 5.41) is 0. The molecule has 3 rings (SSSR count). The maximum absolute atomic E-state index is 11.8. The fraction of sp³-hybridized carbons (Fsp3) is 0.385. The lowest BCUT2D eigenvalue weighted by atomic mass is 10.2. The number of methoxy groups -OCH3 is 1. The molecule has 88 valence electrons. The van der Waals surface area contributed by atoms with Crippen molar-refractivity contribution in [1.82, 2.24) is 4.90 Å². The third kappa shape index (κ3) is 1.60. The molecule has 17 heavy (non-hydrogen) atoms. The number of hydrogen-bond donors (Lipinski definition) is 0. The summed E-state index contributed by atoms with van der Waals surface area (Å²) >= 11 is 0. The minimum atomic E-state index is -0.0132. The molecule has 0 spiro atoms. The van der Waals surface area contributed by atoms with Gasteiger partial charge in [-0.3, -0.25) is 14.5 Å². The zero-order valence-corrected chi connectivity index (χ0v) is 9.55. The lowest BCUT2D eigenvalue weighted by molar-refractivity contribution is -0.142. The normalized spacial score (nSPS) is 26.1. The van der Waals surface area contributed by atoms with Crippen molar-refractivity contribution in [1.29, 1.82) is 0 Å². The van der Waals surface area contributed by atoms with Gasteiger partial charge >= 0.3 is 0 Å². The number of nitrogens with zero attached hydrogens (tertiary/aromatic N) is 1. The lowest BCUT2D eigenvalue weighted by Crippen LogP contribution is -2.32. The summed E-state index contributed by atoms with van der Waals surface area (Å²) in [7, 11) is 1.61. The molecule has 1 aromatic rings. The molecule has 1 aromatic carbocycles. The van der Waals surface area contributed by atoms with E-state index in [2.05, 4.69) is 0 Å². The molecule has 1 aliphatic carbocycles. The largest absolute Gasteiger partial charge is 0.497 e. The molecule has 1 saturated heterocycles. The Morgan fingerprint density at radius 1 is 1.18 bits per heavy atom. The van der Waals surface area contributed by atoms with Crippen LogP contribution in [0.3, 0.4) is 0 Å². The average molecular weight is 231 g/mol. The van der Waals surface area contributed by atoms with Gasteiger partial charge in [-0.1, -0.05) is 12.1 Å². The Morgan fingerprint density at radius 3 is 2.29 bits per heavy atom. The summed E-state index contributed by atoms with van der Waals surface area (Å²) in [6.07, 6.45) is 0.761. The van der Waals surface area contributed by atoms with Gasteiger partial charge in [-0.25, -0.2) is 0 Å². The Morgan fingerprint density at radius 2 is 1.76 bits per heavy atom. The summed E-state index contributed by atoms with van der Waals surface area (Å²) < 4.78 is 5.06. The molecule has 2 aliphatic rings. The Hall–Kier alpha value is -1.84. The molecule has 1 heterocycles. The number of ether oxygens (including phenoxy) is 1. The standard InChI is InChI=1S/C13H13NO3/c1-17-9-4-2-8(3-5-9)7-14-12(15)10-6-11(10)13(14)16/h2-5,10-11H,6-7H2,1H3. The number of amides is 2. The van der Waals surface area contributed by atoms with Crippen molar-refractivity contribution in [3.05, 3.63) is 29.8 Å². The highest BCUT2D eigenvalue weighted by molar-refractivity contribution is 6.08. The van der Waals surface area contributed by atoms with Crippen LogP contribution in [-0.4, -0.2) is 23.8 Å². The number of carbonyl (C=O) groups is 2. The molecule has 0 aromatic heterocycles. The van der Waals surface area contributed by atoms with E-state index >= 15 is 0 Å². The van der Waals surface area contributed by atoms with Crippen molar-refractivity contribution in [3.8, 4) is 5.75 Å².